The quantitative estimate of drug-likeness (QED) is 0.583. The van der Waals surface area contributed by atoms with Crippen molar-refractivity contribution in [2.45, 2.75) is 31.6 Å². The second kappa shape index (κ2) is 7.73. The van der Waals surface area contributed by atoms with Gasteiger partial charge in [0.1, 0.15) is 5.76 Å². The summed E-state index contributed by atoms with van der Waals surface area (Å²) in [7, 11) is 0. The number of benzene rings is 1. The van der Waals surface area contributed by atoms with Crippen LogP contribution in [0.3, 0.4) is 0 Å². The largest absolute Gasteiger partial charge is 0.467 e. The summed E-state index contributed by atoms with van der Waals surface area (Å²) in [6.07, 6.45) is 1.21. The summed E-state index contributed by atoms with van der Waals surface area (Å²) in [4.78, 5) is 18.9. The maximum absolute atomic E-state index is 13.1. The Labute approximate surface area is 166 Å². The molecule has 0 bridgehead atoms. The number of amides is 1. The number of nitrogens with zero attached hydrogens (tertiary/aromatic N) is 2. The lowest BCUT2D eigenvalue weighted by atomic mass is 10.1. The van der Waals surface area contributed by atoms with Crippen LogP contribution in [0.2, 0.25) is 0 Å². The molecule has 2 unspecified atom stereocenters. The van der Waals surface area contributed by atoms with Crippen molar-refractivity contribution < 1.29 is 22.4 Å². The highest BCUT2D eigenvalue weighted by Crippen LogP contribution is 2.49. The molecule has 7 heteroatoms. The summed E-state index contributed by atoms with van der Waals surface area (Å²) in [6.45, 7) is 0.723. The molecule has 0 radical (unpaired) electrons. The summed E-state index contributed by atoms with van der Waals surface area (Å²) >= 11 is 0. The van der Waals surface area contributed by atoms with Gasteiger partial charge in [0.25, 0.3) is 0 Å². The standard InChI is InChI=1S/C22H19F3N2O2/c23-22(24,25)17-7-5-16(6-8-17)19-11-20(19)21(28)27(14-18-4-2-10-29-18)13-15-3-1-9-26-12-15/h1-10,12,19-20H,11,13-14H2. The van der Waals surface area contributed by atoms with Gasteiger partial charge in [-0.15, -0.1) is 0 Å². The molecule has 0 spiro atoms. The Morgan fingerprint density at radius 2 is 1.90 bits per heavy atom. The topological polar surface area (TPSA) is 46.3 Å². The molecule has 0 N–H and O–H groups in total. The Bertz CT molecular complexity index is 954. The molecule has 0 aliphatic heterocycles. The molecule has 1 aliphatic rings. The van der Waals surface area contributed by atoms with Gasteiger partial charge < -0.3 is 9.32 Å². The number of hydrogen-bond acceptors (Lipinski definition) is 3. The first kappa shape index (κ1) is 19.2. The predicted molar refractivity (Wildman–Crippen MR) is 99.5 cm³/mol. The fourth-order valence-electron chi connectivity index (χ4n) is 3.50. The normalized spacial score (nSPS) is 18.4. The van der Waals surface area contributed by atoms with Crippen molar-refractivity contribution in [3.63, 3.8) is 0 Å². The van der Waals surface area contributed by atoms with Gasteiger partial charge in [0.2, 0.25) is 5.91 Å². The van der Waals surface area contributed by atoms with E-state index in [2.05, 4.69) is 4.98 Å². The number of alkyl halides is 3. The van der Waals surface area contributed by atoms with Crippen LogP contribution in [0.1, 0.15) is 34.8 Å². The van der Waals surface area contributed by atoms with Gasteiger partial charge in [-0.2, -0.15) is 13.2 Å². The molecular formula is C22H19F3N2O2. The van der Waals surface area contributed by atoms with E-state index in [9.17, 15) is 18.0 Å². The number of furan rings is 1. The van der Waals surface area contributed by atoms with Gasteiger partial charge in [-0.25, -0.2) is 0 Å². The average Bonchev–Trinajstić information content (AvgIpc) is 3.35. The smallest absolute Gasteiger partial charge is 0.416 e. The van der Waals surface area contributed by atoms with E-state index < -0.39 is 11.7 Å². The highest BCUT2D eigenvalue weighted by Gasteiger charge is 2.46. The summed E-state index contributed by atoms with van der Waals surface area (Å²) in [5, 5.41) is 0. The number of hydrogen-bond donors (Lipinski definition) is 0. The van der Waals surface area contributed by atoms with Gasteiger partial charge in [0.05, 0.1) is 18.4 Å². The highest BCUT2D eigenvalue weighted by atomic mass is 19.4. The maximum atomic E-state index is 13.1. The Morgan fingerprint density at radius 1 is 1.10 bits per heavy atom. The second-order valence-corrected chi connectivity index (χ2v) is 7.20. The number of carbonyl (C=O) groups excluding carboxylic acids is 1. The van der Waals surface area contributed by atoms with Crippen molar-refractivity contribution in [3.8, 4) is 0 Å². The molecule has 29 heavy (non-hydrogen) atoms. The lowest BCUT2D eigenvalue weighted by Crippen LogP contribution is -2.31. The molecule has 2 aromatic heterocycles. The maximum Gasteiger partial charge on any atom is 0.416 e. The number of pyridine rings is 1. The monoisotopic (exact) mass is 400 g/mol. The zero-order valence-electron chi connectivity index (χ0n) is 15.5. The molecule has 4 nitrogen and oxygen atoms in total. The highest BCUT2D eigenvalue weighted by molar-refractivity contribution is 5.83. The van der Waals surface area contributed by atoms with Gasteiger partial charge in [-0.05, 0) is 53.8 Å². The molecule has 0 saturated heterocycles. The number of carbonyl (C=O) groups is 1. The summed E-state index contributed by atoms with van der Waals surface area (Å²) in [5.41, 5.74) is 0.982. The van der Waals surface area contributed by atoms with Gasteiger partial charge in [0, 0.05) is 24.9 Å². The Kier molecular flexibility index (Phi) is 5.13. The predicted octanol–water partition coefficient (Wildman–Crippen LogP) is 5.03. The molecule has 1 fully saturated rings. The van der Waals surface area contributed by atoms with Crippen LogP contribution in [0.5, 0.6) is 0 Å². The molecule has 3 aromatic rings. The molecule has 1 aromatic carbocycles. The van der Waals surface area contributed by atoms with Gasteiger partial charge in [0.15, 0.2) is 0 Å². The van der Waals surface area contributed by atoms with Crippen molar-refractivity contribution in [2.24, 2.45) is 5.92 Å². The van der Waals surface area contributed by atoms with E-state index in [0.717, 1.165) is 23.3 Å². The lowest BCUT2D eigenvalue weighted by molar-refractivity contribution is -0.137. The van der Waals surface area contributed by atoms with Crippen LogP contribution in [0.4, 0.5) is 13.2 Å². The number of halogens is 3. The van der Waals surface area contributed by atoms with E-state index in [4.69, 9.17) is 4.42 Å². The van der Waals surface area contributed by atoms with Crippen molar-refractivity contribution in [3.05, 3.63) is 89.6 Å². The van der Waals surface area contributed by atoms with Crippen LogP contribution in [-0.4, -0.2) is 15.8 Å². The molecule has 2 heterocycles. The molecule has 1 saturated carbocycles. The van der Waals surface area contributed by atoms with E-state index >= 15 is 0 Å². The first-order chi connectivity index (χ1) is 13.9. The number of rotatable bonds is 6. The van der Waals surface area contributed by atoms with Crippen molar-refractivity contribution in [2.75, 3.05) is 0 Å². The minimum absolute atomic E-state index is 0.0323. The van der Waals surface area contributed by atoms with Gasteiger partial charge >= 0.3 is 6.18 Å². The Morgan fingerprint density at radius 3 is 2.52 bits per heavy atom. The van der Waals surface area contributed by atoms with Crippen molar-refractivity contribution in [1.82, 2.24) is 9.88 Å². The van der Waals surface area contributed by atoms with Crippen LogP contribution < -0.4 is 0 Å². The molecule has 150 valence electrons. The third kappa shape index (κ3) is 4.50. The van der Waals surface area contributed by atoms with E-state index in [1.54, 1.807) is 29.6 Å². The van der Waals surface area contributed by atoms with Crippen LogP contribution in [-0.2, 0) is 24.1 Å². The zero-order valence-corrected chi connectivity index (χ0v) is 15.5. The Hall–Kier alpha value is -3.09. The van der Waals surface area contributed by atoms with Crippen LogP contribution >= 0.6 is 0 Å². The fourth-order valence-corrected chi connectivity index (χ4v) is 3.50. The molecule has 4 rings (SSSR count). The summed E-state index contributed by atoms with van der Waals surface area (Å²) < 4.78 is 43.7. The van der Waals surface area contributed by atoms with Crippen LogP contribution in [0.25, 0.3) is 0 Å². The number of aromatic nitrogens is 1. The zero-order chi connectivity index (χ0) is 20.4. The van der Waals surface area contributed by atoms with Crippen LogP contribution in [0, 0.1) is 5.92 Å². The molecule has 1 aliphatic carbocycles. The third-order valence-electron chi connectivity index (χ3n) is 5.11. The summed E-state index contributed by atoms with van der Waals surface area (Å²) in [6, 6.07) is 12.4. The Balaban J connectivity index is 1.48. The van der Waals surface area contributed by atoms with Crippen molar-refractivity contribution in [1.29, 1.82) is 0 Å². The molecule has 1 amide bonds. The van der Waals surface area contributed by atoms with Crippen molar-refractivity contribution >= 4 is 5.91 Å². The van der Waals surface area contributed by atoms with Gasteiger partial charge in [-0.3, -0.25) is 9.78 Å². The van der Waals surface area contributed by atoms with E-state index in [-0.39, 0.29) is 17.7 Å². The third-order valence-corrected chi connectivity index (χ3v) is 5.11. The minimum atomic E-state index is -4.36. The second-order valence-electron chi connectivity index (χ2n) is 7.20. The first-order valence-corrected chi connectivity index (χ1v) is 9.29. The minimum Gasteiger partial charge on any atom is -0.467 e. The average molecular weight is 400 g/mol. The molecular weight excluding hydrogens is 381 g/mol. The van der Waals surface area contributed by atoms with E-state index in [0.29, 0.717) is 25.3 Å². The fraction of sp³-hybridized carbons (Fsp3) is 0.273. The van der Waals surface area contributed by atoms with Gasteiger partial charge in [-0.1, -0.05) is 18.2 Å². The van der Waals surface area contributed by atoms with Crippen LogP contribution in [0.15, 0.2) is 71.6 Å². The first-order valence-electron chi connectivity index (χ1n) is 9.29. The summed E-state index contributed by atoms with van der Waals surface area (Å²) in [5.74, 6) is 0.347. The molecule has 2 atom stereocenters. The van der Waals surface area contributed by atoms with E-state index in [1.807, 2.05) is 18.2 Å². The lowest BCUT2D eigenvalue weighted by Gasteiger charge is -2.22. The van der Waals surface area contributed by atoms with E-state index in [1.165, 1.54) is 12.1 Å². The SMILES string of the molecule is O=C(C1CC1c1ccc(C(F)(F)F)cc1)N(Cc1cccnc1)Cc1ccco1.